The van der Waals surface area contributed by atoms with Crippen molar-refractivity contribution in [1.29, 1.82) is 0 Å². The highest BCUT2D eigenvalue weighted by atomic mass is 32.2. The number of benzene rings is 2. The predicted octanol–water partition coefficient (Wildman–Crippen LogP) is 1.50. The van der Waals surface area contributed by atoms with E-state index in [0.717, 1.165) is 0 Å². The van der Waals surface area contributed by atoms with E-state index in [2.05, 4.69) is 4.98 Å². The summed E-state index contributed by atoms with van der Waals surface area (Å²) < 4.78 is 24.1. The third-order valence-corrected chi connectivity index (χ3v) is 4.80. The molecule has 0 unspecified atom stereocenters. The van der Waals surface area contributed by atoms with E-state index in [1.54, 1.807) is 6.92 Å². The smallest absolute Gasteiger partial charge is 0.268 e. The van der Waals surface area contributed by atoms with Crippen molar-refractivity contribution >= 4 is 26.6 Å². The number of non-ortho nitro benzene ring substituents is 1. The molecule has 0 saturated heterocycles. The van der Waals surface area contributed by atoms with Crippen molar-refractivity contribution in [2.75, 3.05) is 0 Å². The van der Waals surface area contributed by atoms with Crippen LogP contribution in [0.15, 0.2) is 52.2 Å². The second-order valence-corrected chi connectivity index (χ2v) is 7.08. The molecule has 3 rings (SSSR count). The third-order valence-electron chi connectivity index (χ3n) is 3.87. The Morgan fingerprint density at radius 3 is 2.38 bits per heavy atom. The number of hydrogen-bond donors (Lipinski definition) is 1. The maximum absolute atomic E-state index is 12.9. The lowest BCUT2D eigenvalue weighted by molar-refractivity contribution is -0.384. The molecule has 10 heteroatoms. The molecule has 0 amide bonds. The third kappa shape index (κ3) is 3.07. The Kier molecular flexibility index (Phi) is 4.30. The van der Waals surface area contributed by atoms with Crippen LogP contribution in [0.25, 0.3) is 16.6 Å². The highest BCUT2D eigenvalue weighted by Crippen LogP contribution is 2.19. The molecule has 134 valence electrons. The summed E-state index contributed by atoms with van der Waals surface area (Å²) in [6.07, 6.45) is 0.394. The van der Waals surface area contributed by atoms with Gasteiger partial charge in [0.05, 0.1) is 26.4 Å². The fourth-order valence-corrected chi connectivity index (χ4v) is 3.14. The molecule has 0 bridgehead atoms. The summed E-state index contributed by atoms with van der Waals surface area (Å²) in [6.45, 7) is 1.79. The molecule has 9 nitrogen and oxygen atoms in total. The lowest BCUT2D eigenvalue weighted by atomic mass is 10.2. The number of aromatic nitrogens is 2. The highest BCUT2D eigenvalue weighted by Gasteiger charge is 2.15. The zero-order chi connectivity index (χ0) is 19.1. The summed E-state index contributed by atoms with van der Waals surface area (Å²) in [5.41, 5.74) is 0.109. The molecule has 0 spiro atoms. The van der Waals surface area contributed by atoms with Crippen LogP contribution in [-0.2, 0) is 16.4 Å². The van der Waals surface area contributed by atoms with Crippen LogP contribution in [0, 0.1) is 10.1 Å². The molecule has 1 aromatic heterocycles. The summed E-state index contributed by atoms with van der Waals surface area (Å²) in [7, 11) is -3.84. The van der Waals surface area contributed by atoms with Gasteiger partial charge in [-0.05, 0) is 30.3 Å². The van der Waals surface area contributed by atoms with Gasteiger partial charge in [-0.3, -0.25) is 19.5 Å². The average molecular weight is 374 g/mol. The number of nitrogens with two attached hydrogens (primary N) is 1. The van der Waals surface area contributed by atoms with Crippen molar-refractivity contribution in [3.8, 4) is 5.69 Å². The summed E-state index contributed by atoms with van der Waals surface area (Å²) in [5, 5.41) is 16.2. The summed E-state index contributed by atoms with van der Waals surface area (Å²) in [6, 6.07) is 9.37. The number of primary sulfonamides is 1. The van der Waals surface area contributed by atoms with Crippen LogP contribution >= 0.6 is 0 Å². The van der Waals surface area contributed by atoms with Crippen molar-refractivity contribution < 1.29 is 13.3 Å². The summed E-state index contributed by atoms with van der Waals surface area (Å²) >= 11 is 0. The SMILES string of the molecule is CCc1nc2cc([N+](=O)[O-])ccc2c(=O)n1-c1ccc(S(N)(=O)=O)cc1. The van der Waals surface area contributed by atoms with Crippen LogP contribution < -0.4 is 10.7 Å². The number of rotatable bonds is 4. The number of sulfonamides is 1. The lowest BCUT2D eigenvalue weighted by Gasteiger charge is -2.12. The molecule has 1 heterocycles. The monoisotopic (exact) mass is 374 g/mol. The molecule has 3 aromatic rings. The molecule has 0 saturated carbocycles. The maximum atomic E-state index is 12.9. The number of fused-ring (bicyclic) bond motifs is 1. The number of aryl methyl sites for hydroxylation is 1. The number of hydrogen-bond acceptors (Lipinski definition) is 6. The molecule has 26 heavy (non-hydrogen) atoms. The number of nitrogens with zero attached hydrogens (tertiary/aromatic N) is 3. The van der Waals surface area contributed by atoms with E-state index >= 15 is 0 Å². The number of nitro groups is 1. The first-order chi connectivity index (χ1) is 12.2. The quantitative estimate of drug-likeness (QED) is 0.542. The number of nitro benzene ring substituents is 1. The van der Waals surface area contributed by atoms with Gasteiger partial charge >= 0.3 is 0 Å². The first-order valence-corrected chi connectivity index (χ1v) is 9.10. The average Bonchev–Trinajstić information content (AvgIpc) is 2.60. The molecular formula is C16H14N4O5S. The van der Waals surface area contributed by atoms with E-state index in [1.807, 2.05) is 0 Å². The van der Waals surface area contributed by atoms with Gasteiger partial charge in [0.25, 0.3) is 11.2 Å². The molecule has 2 aromatic carbocycles. The van der Waals surface area contributed by atoms with Crippen molar-refractivity contribution in [2.24, 2.45) is 5.14 Å². The van der Waals surface area contributed by atoms with Crippen LogP contribution in [0.2, 0.25) is 0 Å². The molecule has 0 aliphatic heterocycles. The highest BCUT2D eigenvalue weighted by molar-refractivity contribution is 7.89. The van der Waals surface area contributed by atoms with E-state index in [9.17, 15) is 23.3 Å². The zero-order valence-electron chi connectivity index (χ0n) is 13.6. The van der Waals surface area contributed by atoms with Gasteiger partial charge in [0.2, 0.25) is 10.0 Å². The predicted molar refractivity (Wildman–Crippen MR) is 94.7 cm³/mol. The van der Waals surface area contributed by atoms with Crippen molar-refractivity contribution in [3.63, 3.8) is 0 Å². The van der Waals surface area contributed by atoms with Crippen LogP contribution in [0.5, 0.6) is 0 Å². The minimum Gasteiger partial charge on any atom is -0.268 e. The van der Waals surface area contributed by atoms with E-state index in [4.69, 9.17) is 5.14 Å². The fraction of sp³-hybridized carbons (Fsp3) is 0.125. The van der Waals surface area contributed by atoms with Crippen LogP contribution in [0.1, 0.15) is 12.7 Å². The molecule has 0 aliphatic carbocycles. The molecule has 0 atom stereocenters. The van der Waals surface area contributed by atoms with Crippen molar-refractivity contribution in [2.45, 2.75) is 18.2 Å². The standard InChI is InChI=1S/C16H14N4O5S/c1-2-15-18-14-9-11(20(22)23)5-8-13(14)16(21)19(15)10-3-6-12(7-4-10)26(17,24)25/h3-9H,2H2,1H3,(H2,17,24,25). The van der Waals surface area contributed by atoms with Gasteiger partial charge in [0.1, 0.15) is 5.82 Å². The van der Waals surface area contributed by atoms with E-state index in [1.165, 1.54) is 47.0 Å². The Labute approximate surface area is 147 Å². The van der Waals surface area contributed by atoms with Crippen LogP contribution in [-0.4, -0.2) is 22.9 Å². The summed E-state index contributed by atoms with van der Waals surface area (Å²) in [4.78, 5) is 27.5. The van der Waals surface area contributed by atoms with Gasteiger partial charge < -0.3 is 0 Å². The minimum absolute atomic E-state index is 0.0725. The van der Waals surface area contributed by atoms with E-state index < -0.39 is 20.5 Å². The normalized spacial score (nSPS) is 11.6. The van der Waals surface area contributed by atoms with Gasteiger partial charge in [-0.1, -0.05) is 6.92 Å². The molecule has 0 fully saturated rings. The first kappa shape index (κ1) is 17.7. The molecular weight excluding hydrogens is 360 g/mol. The molecule has 2 N–H and O–H groups in total. The largest absolute Gasteiger partial charge is 0.271 e. The minimum atomic E-state index is -3.84. The molecule has 0 radical (unpaired) electrons. The zero-order valence-corrected chi connectivity index (χ0v) is 14.4. The van der Waals surface area contributed by atoms with Gasteiger partial charge in [-0.2, -0.15) is 0 Å². The maximum Gasteiger partial charge on any atom is 0.271 e. The van der Waals surface area contributed by atoms with Crippen molar-refractivity contribution in [3.05, 3.63) is 68.8 Å². The molecule has 0 aliphatic rings. The fourth-order valence-electron chi connectivity index (χ4n) is 2.62. The van der Waals surface area contributed by atoms with E-state index in [-0.39, 0.29) is 21.5 Å². The Morgan fingerprint density at radius 1 is 1.19 bits per heavy atom. The lowest BCUT2D eigenvalue weighted by Crippen LogP contribution is -2.23. The Balaban J connectivity index is 2.26. The Bertz CT molecular complexity index is 1180. The van der Waals surface area contributed by atoms with Gasteiger partial charge in [0.15, 0.2) is 0 Å². The van der Waals surface area contributed by atoms with Gasteiger partial charge in [-0.15, -0.1) is 0 Å². The summed E-state index contributed by atoms with van der Waals surface area (Å²) in [5.74, 6) is 0.395. The van der Waals surface area contributed by atoms with Gasteiger partial charge in [-0.25, -0.2) is 18.5 Å². The second kappa shape index (κ2) is 6.32. The van der Waals surface area contributed by atoms with Crippen molar-refractivity contribution in [1.82, 2.24) is 9.55 Å². The van der Waals surface area contributed by atoms with Gasteiger partial charge in [0, 0.05) is 18.6 Å². The first-order valence-electron chi connectivity index (χ1n) is 7.55. The van der Waals surface area contributed by atoms with E-state index in [0.29, 0.717) is 17.9 Å². The Morgan fingerprint density at radius 2 is 1.85 bits per heavy atom. The van der Waals surface area contributed by atoms with Crippen LogP contribution in [0.3, 0.4) is 0 Å². The topological polar surface area (TPSA) is 138 Å². The Hall–Kier alpha value is -3.11. The van der Waals surface area contributed by atoms with Crippen LogP contribution in [0.4, 0.5) is 5.69 Å². The second-order valence-electron chi connectivity index (χ2n) is 5.52.